The zero-order chi connectivity index (χ0) is 17.8. The van der Waals surface area contributed by atoms with Gasteiger partial charge in [-0.2, -0.15) is 4.99 Å². The summed E-state index contributed by atoms with van der Waals surface area (Å²) >= 11 is 3.21. The minimum atomic E-state index is -0.217. The zero-order valence-corrected chi connectivity index (χ0v) is 16.1. The fourth-order valence-corrected chi connectivity index (χ4v) is 4.28. The number of carbonyl (C=O) groups excluding carboxylic acids is 1. The molecule has 0 aliphatic rings. The molecule has 6 heteroatoms. The Hall–Kier alpha value is -2.05. The average Bonchev–Trinajstić information content (AvgIpc) is 2.91. The highest BCUT2D eigenvalue weighted by Gasteiger charge is 2.09. The molecule has 4 nitrogen and oxygen atoms in total. The Morgan fingerprint density at radius 2 is 2.08 bits per heavy atom. The van der Waals surface area contributed by atoms with Crippen LogP contribution in [0.3, 0.4) is 0 Å². The van der Waals surface area contributed by atoms with E-state index in [9.17, 15) is 4.79 Å². The van der Waals surface area contributed by atoms with E-state index < -0.39 is 0 Å². The van der Waals surface area contributed by atoms with Gasteiger partial charge in [-0.25, -0.2) is 0 Å². The van der Waals surface area contributed by atoms with Crippen LogP contribution >= 0.6 is 23.1 Å². The molecule has 0 saturated heterocycles. The molecule has 130 valence electrons. The molecular formula is C19H20N2O2S2. The fourth-order valence-electron chi connectivity index (χ4n) is 2.51. The van der Waals surface area contributed by atoms with E-state index in [-0.39, 0.29) is 5.91 Å². The Kier molecular flexibility index (Phi) is 5.60. The number of benzene rings is 2. The van der Waals surface area contributed by atoms with Crippen molar-refractivity contribution in [1.82, 2.24) is 4.57 Å². The molecule has 3 rings (SSSR count). The quantitative estimate of drug-likeness (QED) is 0.620. The van der Waals surface area contributed by atoms with Crippen molar-refractivity contribution in [3.05, 3.63) is 52.8 Å². The van der Waals surface area contributed by atoms with Crippen molar-refractivity contribution in [2.75, 3.05) is 12.4 Å². The van der Waals surface area contributed by atoms with Crippen LogP contribution in [0.25, 0.3) is 10.2 Å². The lowest BCUT2D eigenvalue weighted by Gasteiger charge is -2.02. The number of carbonyl (C=O) groups is 1. The number of ether oxygens (including phenoxy) is 1. The van der Waals surface area contributed by atoms with Crippen LogP contribution in [0, 0.1) is 0 Å². The van der Waals surface area contributed by atoms with Crippen molar-refractivity contribution in [2.45, 2.75) is 18.7 Å². The molecule has 1 aromatic heterocycles. The molecule has 0 bridgehead atoms. The third-order valence-corrected chi connectivity index (χ3v) is 5.65. The van der Waals surface area contributed by atoms with Gasteiger partial charge in [-0.1, -0.05) is 24.3 Å². The molecule has 0 fully saturated rings. The molecule has 0 atom stereocenters. The lowest BCUT2D eigenvalue weighted by atomic mass is 10.2. The van der Waals surface area contributed by atoms with Crippen LogP contribution in [-0.2, 0) is 7.05 Å². The summed E-state index contributed by atoms with van der Waals surface area (Å²) in [4.78, 5) is 18.7. The Balaban J connectivity index is 1.98. The second kappa shape index (κ2) is 7.89. The number of fused-ring (bicyclic) bond motifs is 1. The zero-order valence-electron chi connectivity index (χ0n) is 14.5. The Labute approximate surface area is 155 Å². The molecule has 1 heterocycles. The second-order valence-corrected chi connectivity index (χ2v) is 7.73. The van der Waals surface area contributed by atoms with Gasteiger partial charge in [-0.3, -0.25) is 4.79 Å². The molecule has 0 spiro atoms. The van der Waals surface area contributed by atoms with E-state index in [1.54, 1.807) is 11.8 Å². The Morgan fingerprint density at radius 1 is 1.24 bits per heavy atom. The van der Waals surface area contributed by atoms with Gasteiger partial charge in [0.15, 0.2) is 4.80 Å². The van der Waals surface area contributed by atoms with Gasteiger partial charge in [0.05, 0.1) is 16.8 Å². The normalized spacial score (nSPS) is 11.9. The monoisotopic (exact) mass is 372 g/mol. The third kappa shape index (κ3) is 3.96. The van der Waals surface area contributed by atoms with Gasteiger partial charge in [0.1, 0.15) is 5.75 Å². The summed E-state index contributed by atoms with van der Waals surface area (Å²) in [6.07, 6.45) is 0. The number of aryl methyl sites for hydroxylation is 1. The van der Waals surface area contributed by atoms with Crippen molar-refractivity contribution in [3.63, 3.8) is 0 Å². The average molecular weight is 373 g/mol. The van der Waals surface area contributed by atoms with Gasteiger partial charge in [0.2, 0.25) is 0 Å². The van der Waals surface area contributed by atoms with Gasteiger partial charge in [-0.15, -0.1) is 11.8 Å². The molecule has 2 aromatic carbocycles. The summed E-state index contributed by atoms with van der Waals surface area (Å²) in [6.45, 7) is 4.69. The maximum absolute atomic E-state index is 12.6. The van der Waals surface area contributed by atoms with Gasteiger partial charge in [0, 0.05) is 17.5 Å². The van der Waals surface area contributed by atoms with E-state index in [0.29, 0.717) is 17.0 Å². The van der Waals surface area contributed by atoms with Crippen molar-refractivity contribution in [1.29, 1.82) is 0 Å². The summed E-state index contributed by atoms with van der Waals surface area (Å²) in [5, 5.41) is 0. The van der Waals surface area contributed by atoms with E-state index in [1.165, 1.54) is 11.3 Å². The number of aromatic nitrogens is 1. The fraction of sp³-hybridized carbons (Fsp3) is 0.263. The molecule has 0 unspecified atom stereocenters. The summed E-state index contributed by atoms with van der Waals surface area (Å²) < 4.78 is 8.54. The molecule has 25 heavy (non-hydrogen) atoms. The van der Waals surface area contributed by atoms with Crippen molar-refractivity contribution < 1.29 is 9.53 Å². The van der Waals surface area contributed by atoms with Crippen molar-refractivity contribution in [3.8, 4) is 5.75 Å². The maximum atomic E-state index is 12.6. The summed E-state index contributed by atoms with van der Waals surface area (Å²) in [7, 11) is 1.93. The first kappa shape index (κ1) is 17.8. The third-order valence-electron chi connectivity index (χ3n) is 3.68. The first-order valence-electron chi connectivity index (χ1n) is 8.16. The largest absolute Gasteiger partial charge is 0.494 e. The van der Waals surface area contributed by atoms with Crippen LogP contribution in [-0.4, -0.2) is 22.8 Å². The number of thioether (sulfide) groups is 1. The lowest BCUT2D eigenvalue weighted by Crippen LogP contribution is -2.13. The molecule has 1 amide bonds. The Bertz CT molecular complexity index is 973. The van der Waals surface area contributed by atoms with E-state index in [2.05, 4.69) is 11.9 Å². The molecular weight excluding hydrogens is 352 g/mol. The van der Waals surface area contributed by atoms with Crippen molar-refractivity contribution in [2.24, 2.45) is 12.0 Å². The highest BCUT2D eigenvalue weighted by atomic mass is 32.2. The van der Waals surface area contributed by atoms with Gasteiger partial charge >= 0.3 is 0 Å². The second-order valence-electron chi connectivity index (χ2n) is 5.38. The number of rotatable bonds is 5. The van der Waals surface area contributed by atoms with E-state index in [1.807, 2.05) is 61.0 Å². The predicted molar refractivity (Wildman–Crippen MR) is 105 cm³/mol. The molecule has 3 aromatic rings. The molecule has 0 radical (unpaired) electrons. The minimum Gasteiger partial charge on any atom is -0.494 e. The van der Waals surface area contributed by atoms with Gasteiger partial charge in [-0.05, 0) is 49.1 Å². The molecule has 0 aliphatic heterocycles. The SMILES string of the molecule is CCOc1ccc2c(c1)sc(=NC(=O)c1cccc(SCC)c1)n2C. The van der Waals surface area contributed by atoms with Crippen LogP contribution in [0.2, 0.25) is 0 Å². The predicted octanol–water partition coefficient (Wildman–Crippen LogP) is 4.49. The minimum absolute atomic E-state index is 0.217. The Morgan fingerprint density at radius 3 is 2.84 bits per heavy atom. The number of hydrogen-bond acceptors (Lipinski definition) is 4. The topological polar surface area (TPSA) is 43.6 Å². The van der Waals surface area contributed by atoms with Crippen LogP contribution < -0.4 is 9.54 Å². The number of amides is 1. The summed E-state index contributed by atoms with van der Waals surface area (Å²) in [5.74, 6) is 1.59. The maximum Gasteiger partial charge on any atom is 0.279 e. The number of hydrogen-bond donors (Lipinski definition) is 0. The smallest absolute Gasteiger partial charge is 0.279 e. The van der Waals surface area contributed by atoms with Crippen LogP contribution in [0.1, 0.15) is 24.2 Å². The van der Waals surface area contributed by atoms with E-state index >= 15 is 0 Å². The van der Waals surface area contributed by atoms with Crippen LogP contribution in [0.5, 0.6) is 5.75 Å². The first-order valence-corrected chi connectivity index (χ1v) is 9.97. The van der Waals surface area contributed by atoms with Gasteiger partial charge in [0.25, 0.3) is 5.91 Å². The van der Waals surface area contributed by atoms with E-state index in [0.717, 1.165) is 26.6 Å². The van der Waals surface area contributed by atoms with Crippen LogP contribution in [0.15, 0.2) is 52.4 Å². The number of thiazole rings is 1. The highest BCUT2D eigenvalue weighted by molar-refractivity contribution is 7.99. The van der Waals surface area contributed by atoms with E-state index in [4.69, 9.17) is 4.74 Å². The first-order chi connectivity index (χ1) is 12.1. The number of nitrogens with zero attached hydrogens (tertiary/aromatic N) is 2. The van der Waals surface area contributed by atoms with Gasteiger partial charge < -0.3 is 9.30 Å². The molecule has 0 saturated carbocycles. The summed E-state index contributed by atoms with van der Waals surface area (Å²) in [6, 6.07) is 13.6. The molecule has 0 aliphatic carbocycles. The lowest BCUT2D eigenvalue weighted by molar-refractivity contribution is 0.0997. The van der Waals surface area contributed by atoms with Crippen LogP contribution in [0.4, 0.5) is 0 Å². The standard InChI is InChI=1S/C19H20N2O2S2/c1-4-23-14-9-10-16-17(12-14)25-19(21(16)3)20-18(22)13-7-6-8-15(11-13)24-5-2/h6-12H,4-5H2,1-3H3. The summed E-state index contributed by atoms with van der Waals surface area (Å²) in [5.41, 5.74) is 1.65. The highest BCUT2D eigenvalue weighted by Crippen LogP contribution is 2.23. The van der Waals surface area contributed by atoms with Crippen molar-refractivity contribution >= 4 is 39.2 Å². The molecule has 0 N–H and O–H groups in total.